The molecule has 0 aliphatic rings. The Morgan fingerprint density at radius 3 is 2.61 bits per heavy atom. The van der Waals surface area contributed by atoms with Crippen molar-refractivity contribution in [1.29, 1.82) is 0 Å². The Morgan fingerprint density at radius 2 is 2.06 bits per heavy atom. The number of hydrogen-bond donors (Lipinski definition) is 2. The molecule has 2 amide bonds. The fourth-order valence-corrected chi connectivity index (χ4v) is 5.06. The van der Waals surface area contributed by atoms with Gasteiger partial charge in [0, 0.05) is 30.7 Å². The highest BCUT2D eigenvalue weighted by Gasteiger charge is 2.27. The van der Waals surface area contributed by atoms with E-state index in [0.29, 0.717) is 33.2 Å². The Morgan fingerprint density at radius 1 is 1.33 bits per heavy atom. The van der Waals surface area contributed by atoms with E-state index in [1.54, 1.807) is 24.9 Å². The van der Waals surface area contributed by atoms with Crippen LogP contribution in [0.3, 0.4) is 0 Å². The van der Waals surface area contributed by atoms with E-state index in [0.717, 1.165) is 11.3 Å². The molecule has 13 heteroatoms. The SMILES string of the molecule is CCn1cc(-c2cc(C(F)F)nc3sc(C(N)=O)c(NC(=O)c4c(Br)cnn4C)c23)c(C)n1. The Labute approximate surface area is 198 Å². The molecule has 0 saturated heterocycles. The Balaban J connectivity index is 2.01. The number of fused-ring (bicyclic) bond motifs is 1. The largest absolute Gasteiger partial charge is 0.365 e. The summed E-state index contributed by atoms with van der Waals surface area (Å²) in [6.07, 6.45) is 0.349. The lowest BCUT2D eigenvalue weighted by molar-refractivity contribution is 0.100. The minimum Gasteiger partial charge on any atom is -0.365 e. The van der Waals surface area contributed by atoms with E-state index in [9.17, 15) is 18.4 Å². The second kappa shape index (κ2) is 8.63. The number of anilines is 1. The molecule has 4 aromatic heterocycles. The first-order valence-electron chi connectivity index (χ1n) is 9.71. The Bertz CT molecular complexity index is 1390. The zero-order valence-electron chi connectivity index (χ0n) is 17.7. The molecule has 0 fully saturated rings. The van der Waals surface area contributed by atoms with Gasteiger partial charge in [-0.25, -0.2) is 13.8 Å². The van der Waals surface area contributed by atoms with Gasteiger partial charge >= 0.3 is 0 Å². The van der Waals surface area contributed by atoms with Crippen LogP contribution in [0.2, 0.25) is 0 Å². The summed E-state index contributed by atoms with van der Waals surface area (Å²) in [5.41, 5.74) is 6.99. The van der Waals surface area contributed by atoms with Crippen LogP contribution in [0, 0.1) is 6.92 Å². The van der Waals surface area contributed by atoms with Crippen LogP contribution >= 0.6 is 27.3 Å². The van der Waals surface area contributed by atoms with Crippen molar-refractivity contribution in [1.82, 2.24) is 24.5 Å². The topological polar surface area (TPSA) is 121 Å². The quantitative estimate of drug-likeness (QED) is 0.380. The third-order valence-electron chi connectivity index (χ3n) is 5.04. The molecule has 0 aliphatic carbocycles. The van der Waals surface area contributed by atoms with E-state index >= 15 is 0 Å². The number of alkyl halides is 2. The molecule has 0 bridgehead atoms. The van der Waals surface area contributed by atoms with Gasteiger partial charge in [0.05, 0.1) is 22.1 Å². The molecule has 4 rings (SSSR count). The molecular weight excluding hydrogens is 520 g/mol. The molecule has 0 unspecified atom stereocenters. The highest BCUT2D eigenvalue weighted by Crippen LogP contribution is 2.43. The highest BCUT2D eigenvalue weighted by molar-refractivity contribution is 9.10. The lowest BCUT2D eigenvalue weighted by Crippen LogP contribution is -2.19. The van der Waals surface area contributed by atoms with Gasteiger partial charge in [-0.15, -0.1) is 11.3 Å². The predicted octanol–water partition coefficient (Wildman–Crippen LogP) is 4.27. The molecule has 0 aliphatic heterocycles. The fraction of sp³-hybridized carbons (Fsp3) is 0.250. The minimum atomic E-state index is -2.84. The first-order valence-corrected chi connectivity index (χ1v) is 11.3. The number of carbonyl (C=O) groups excluding carboxylic acids is 2. The van der Waals surface area contributed by atoms with Crippen molar-refractivity contribution < 1.29 is 18.4 Å². The van der Waals surface area contributed by atoms with Gasteiger partial charge in [-0.3, -0.25) is 19.0 Å². The van der Waals surface area contributed by atoms with Crippen molar-refractivity contribution in [2.24, 2.45) is 12.8 Å². The normalized spacial score (nSPS) is 11.5. The van der Waals surface area contributed by atoms with Crippen molar-refractivity contribution in [3.05, 3.63) is 44.9 Å². The number of rotatable bonds is 6. The molecule has 9 nitrogen and oxygen atoms in total. The summed E-state index contributed by atoms with van der Waals surface area (Å²) in [4.78, 5) is 29.5. The number of hydrogen-bond acceptors (Lipinski definition) is 6. The van der Waals surface area contributed by atoms with Crippen molar-refractivity contribution in [3.63, 3.8) is 0 Å². The number of pyridine rings is 1. The zero-order valence-corrected chi connectivity index (χ0v) is 20.1. The van der Waals surface area contributed by atoms with Gasteiger partial charge in [0.15, 0.2) is 0 Å². The fourth-order valence-electron chi connectivity index (χ4n) is 3.52. The molecule has 0 atom stereocenters. The van der Waals surface area contributed by atoms with Gasteiger partial charge in [0.25, 0.3) is 18.2 Å². The van der Waals surface area contributed by atoms with E-state index in [-0.39, 0.29) is 21.1 Å². The molecular formula is C20H18BrF2N7O2S. The third kappa shape index (κ3) is 4.02. The summed E-state index contributed by atoms with van der Waals surface area (Å²) in [6, 6.07) is 1.25. The highest BCUT2D eigenvalue weighted by atomic mass is 79.9. The van der Waals surface area contributed by atoms with Crippen molar-refractivity contribution >= 4 is 55.0 Å². The smallest absolute Gasteiger partial charge is 0.280 e. The van der Waals surface area contributed by atoms with Crippen molar-refractivity contribution in [2.45, 2.75) is 26.8 Å². The van der Waals surface area contributed by atoms with Gasteiger partial charge in [-0.05, 0) is 41.4 Å². The van der Waals surface area contributed by atoms with E-state index < -0.39 is 23.9 Å². The average molecular weight is 538 g/mol. The molecule has 4 heterocycles. The maximum Gasteiger partial charge on any atom is 0.280 e. The van der Waals surface area contributed by atoms with Gasteiger partial charge in [-0.1, -0.05) is 0 Å². The van der Waals surface area contributed by atoms with Crippen LogP contribution in [0.1, 0.15) is 44.9 Å². The van der Waals surface area contributed by atoms with Crippen LogP contribution in [0.4, 0.5) is 14.5 Å². The van der Waals surface area contributed by atoms with Crippen LogP contribution < -0.4 is 11.1 Å². The van der Waals surface area contributed by atoms with Crippen molar-refractivity contribution in [2.75, 3.05) is 5.32 Å². The van der Waals surface area contributed by atoms with E-state index in [1.165, 1.54) is 16.9 Å². The zero-order chi connectivity index (χ0) is 24.0. The van der Waals surface area contributed by atoms with Crippen LogP contribution in [0.5, 0.6) is 0 Å². The lowest BCUT2D eigenvalue weighted by atomic mass is 10.0. The first-order chi connectivity index (χ1) is 15.6. The lowest BCUT2D eigenvalue weighted by Gasteiger charge is -2.11. The number of nitrogens with zero attached hydrogens (tertiary/aromatic N) is 5. The molecule has 0 saturated carbocycles. The average Bonchev–Trinajstić information content (AvgIpc) is 3.42. The van der Waals surface area contributed by atoms with Gasteiger partial charge < -0.3 is 11.1 Å². The number of aryl methyl sites for hydroxylation is 3. The van der Waals surface area contributed by atoms with Crippen LogP contribution in [-0.4, -0.2) is 36.4 Å². The third-order valence-corrected chi connectivity index (χ3v) is 6.72. The second-order valence-corrected chi connectivity index (χ2v) is 9.00. The molecule has 3 N–H and O–H groups in total. The van der Waals surface area contributed by atoms with Crippen molar-refractivity contribution in [3.8, 4) is 11.1 Å². The second-order valence-electron chi connectivity index (χ2n) is 7.15. The van der Waals surface area contributed by atoms with E-state index in [4.69, 9.17) is 5.73 Å². The monoisotopic (exact) mass is 537 g/mol. The van der Waals surface area contributed by atoms with Crippen LogP contribution in [0.15, 0.2) is 22.9 Å². The maximum absolute atomic E-state index is 13.7. The van der Waals surface area contributed by atoms with Gasteiger partial charge in [-0.2, -0.15) is 10.2 Å². The molecule has 4 aromatic rings. The number of aromatic nitrogens is 5. The number of primary amides is 1. The minimum absolute atomic E-state index is 0.00246. The standard InChI is InChI=1S/C20H18BrF2N7O2S/c1-4-30-7-10(8(2)28-30)9-5-12(17(22)23)26-20-13(9)14(16(33-20)18(24)31)27-19(32)15-11(21)6-25-29(15)3/h5-7,17H,4H2,1-3H3,(H2,24,31)(H,27,32). The number of halogens is 3. The van der Waals surface area contributed by atoms with Crippen LogP contribution in [-0.2, 0) is 13.6 Å². The maximum atomic E-state index is 13.7. The molecule has 0 radical (unpaired) electrons. The van der Waals surface area contributed by atoms with E-state index in [2.05, 4.69) is 36.4 Å². The van der Waals surface area contributed by atoms with E-state index in [1.807, 2.05) is 6.92 Å². The number of nitrogens with one attached hydrogen (secondary N) is 1. The molecule has 33 heavy (non-hydrogen) atoms. The Kier molecular flexibility index (Phi) is 6.01. The number of thiophene rings is 1. The summed E-state index contributed by atoms with van der Waals surface area (Å²) in [7, 11) is 1.59. The molecule has 0 aromatic carbocycles. The first kappa shape index (κ1) is 23.0. The van der Waals surface area contributed by atoms with Crippen LogP contribution in [0.25, 0.3) is 21.3 Å². The van der Waals surface area contributed by atoms with Gasteiger partial charge in [0.2, 0.25) is 0 Å². The number of carbonyl (C=O) groups is 2. The summed E-state index contributed by atoms with van der Waals surface area (Å²) in [6.45, 7) is 4.23. The summed E-state index contributed by atoms with van der Waals surface area (Å²) in [5.74, 6) is -1.38. The summed E-state index contributed by atoms with van der Waals surface area (Å²) in [5, 5.41) is 11.5. The Hall–Kier alpha value is -3.19. The summed E-state index contributed by atoms with van der Waals surface area (Å²) >= 11 is 4.12. The molecule has 0 spiro atoms. The van der Waals surface area contributed by atoms with Gasteiger partial charge in [0.1, 0.15) is 21.1 Å². The predicted molar refractivity (Wildman–Crippen MR) is 124 cm³/mol. The molecule has 172 valence electrons. The number of amides is 2. The number of nitrogens with two attached hydrogens (primary N) is 1. The summed E-state index contributed by atoms with van der Waals surface area (Å²) < 4.78 is 30.8.